The van der Waals surface area contributed by atoms with E-state index in [4.69, 9.17) is 15.4 Å². The molecule has 1 aliphatic carbocycles. The van der Waals surface area contributed by atoms with E-state index in [-0.39, 0.29) is 6.54 Å². The fraction of sp³-hybridized carbons (Fsp3) is 0.556. The van der Waals surface area contributed by atoms with E-state index in [0.717, 1.165) is 18.6 Å². The number of carboxylic acid groups (broad SMARTS) is 1. The minimum atomic E-state index is -0.955. The smallest absolute Gasteiger partial charge is 0.314 e. The van der Waals surface area contributed by atoms with E-state index in [1.807, 2.05) is 0 Å². The molecule has 0 bridgehead atoms. The third-order valence-electron chi connectivity index (χ3n) is 2.42. The number of carbonyl (C=O) groups is 1. The zero-order chi connectivity index (χ0) is 10.1. The molecule has 2 rings (SSSR count). The van der Waals surface area contributed by atoms with Crippen LogP contribution in [0.15, 0.2) is 10.6 Å². The molecule has 1 heterocycles. The number of hydrogen-bond donors (Lipinski definition) is 2. The molecule has 14 heavy (non-hydrogen) atoms. The Bertz CT molecular complexity index is 344. The summed E-state index contributed by atoms with van der Waals surface area (Å²) in [6, 6.07) is 1.71. The van der Waals surface area contributed by atoms with Crippen molar-refractivity contribution in [2.45, 2.75) is 24.7 Å². The molecule has 1 aromatic rings. The zero-order valence-corrected chi connectivity index (χ0v) is 7.64. The number of nitrogens with two attached hydrogens (primary N) is 1. The number of hydrogen-bond acceptors (Lipinski definition) is 4. The van der Waals surface area contributed by atoms with Crippen molar-refractivity contribution in [3.63, 3.8) is 0 Å². The first-order chi connectivity index (χ1) is 6.72. The second kappa shape index (κ2) is 3.42. The summed E-state index contributed by atoms with van der Waals surface area (Å²) >= 11 is 0. The fourth-order valence-corrected chi connectivity index (χ4v) is 1.38. The van der Waals surface area contributed by atoms with Crippen molar-refractivity contribution in [3.05, 3.63) is 17.5 Å². The molecule has 76 valence electrons. The van der Waals surface area contributed by atoms with E-state index >= 15 is 0 Å². The van der Waals surface area contributed by atoms with Gasteiger partial charge < -0.3 is 15.4 Å². The largest absolute Gasteiger partial charge is 0.481 e. The SMILES string of the molecule is NCC(C(=O)O)c1cc(C2CC2)on1. The Morgan fingerprint density at radius 2 is 2.50 bits per heavy atom. The second-order valence-electron chi connectivity index (χ2n) is 3.55. The first-order valence-electron chi connectivity index (χ1n) is 4.61. The topological polar surface area (TPSA) is 89.4 Å². The highest BCUT2D eigenvalue weighted by molar-refractivity contribution is 5.75. The molecule has 1 aromatic heterocycles. The highest BCUT2D eigenvalue weighted by Gasteiger charge is 2.30. The maximum Gasteiger partial charge on any atom is 0.314 e. The lowest BCUT2D eigenvalue weighted by Crippen LogP contribution is -2.21. The van der Waals surface area contributed by atoms with Gasteiger partial charge in [-0.25, -0.2) is 0 Å². The Kier molecular flexibility index (Phi) is 2.25. The second-order valence-corrected chi connectivity index (χ2v) is 3.55. The molecule has 1 unspecified atom stereocenters. The van der Waals surface area contributed by atoms with Gasteiger partial charge in [0, 0.05) is 18.5 Å². The van der Waals surface area contributed by atoms with Crippen LogP contribution in [-0.4, -0.2) is 22.8 Å². The highest BCUT2D eigenvalue weighted by Crippen LogP contribution is 2.40. The fourth-order valence-electron chi connectivity index (χ4n) is 1.38. The molecule has 0 spiro atoms. The van der Waals surface area contributed by atoms with E-state index in [9.17, 15) is 4.79 Å². The van der Waals surface area contributed by atoms with Gasteiger partial charge in [-0.2, -0.15) is 0 Å². The molecule has 1 saturated carbocycles. The van der Waals surface area contributed by atoms with Gasteiger partial charge in [0.2, 0.25) is 0 Å². The maximum absolute atomic E-state index is 10.8. The summed E-state index contributed by atoms with van der Waals surface area (Å²) in [4.78, 5) is 10.8. The van der Waals surface area contributed by atoms with Crippen LogP contribution in [0.3, 0.4) is 0 Å². The van der Waals surface area contributed by atoms with Gasteiger partial charge in [-0.05, 0) is 12.8 Å². The minimum absolute atomic E-state index is 0.0476. The van der Waals surface area contributed by atoms with Crippen molar-refractivity contribution < 1.29 is 14.4 Å². The molecule has 3 N–H and O–H groups in total. The van der Waals surface area contributed by atoms with Gasteiger partial charge in [0.05, 0.1) is 5.69 Å². The lowest BCUT2D eigenvalue weighted by molar-refractivity contribution is -0.138. The van der Waals surface area contributed by atoms with Crippen molar-refractivity contribution >= 4 is 5.97 Å². The highest BCUT2D eigenvalue weighted by atomic mass is 16.5. The standard InChI is InChI=1S/C9H12N2O3/c10-4-6(9(12)13)7-3-8(14-11-7)5-1-2-5/h3,5-6H,1-2,4,10H2,(H,12,13). The summed E-state index contributed by atoms with van der Waals surface area (Å²) in [5.74, 6) is -0.461. The van der Waals surface area contributed by atoms with Crippen molar-refractivity contribution in [1.82, 2.24) is 5.16 Å². The molecule has 0 saturated heterocycles. The molecular formula is C9H12N2O3. The Labute approximate surface area is 80.9 Å². The molecule has 0 aliphatic heterocycles. The monoisotopic (exact) mass is 196 g/mol. The average molecular weight is 196 g/mol. The molecular weight excluding hydrogens is 184 g/mol. The van der Waals surface area contributed by atoms with Crippen LogP contribution in [-0.2, 0) is 4.79 Å². The first kappa shape index (κ1) is 9.21. The van der Waals surface area contributed by atoms with Gasteiger partial charge in [0.15, 0.2) is 0 Å². The molecule has 1 atom stereocenters. The summed E-state index contributed by atoms with van der Waals surface area (Å²) in [6.07, 6.45) is 2.21. The molecule has 0 radical (unpaired) electrons. The number of carboxylic acids is 1. The van der Waals surface area contributed by atoms with Gasteiger partial charge >= 0.3 is 5.97 Å². The number of nitrogens with zero attached hydrogens (tertiary/aromatic N) is 1. The average Bonchev–Trinajstić information content (AvgIpc) is 2.88. The Balaban J connectivity index is 2.17. The third-order valence-corrected chi connectivity index (χ3v) is 2.42. The van der Waals surface area contributed by atoms with Crippen LogP contribution in [0.25, 0.3) is 0 Å². The number of aliphatic carboxylic acids is 1. The molecule has 1 aliphatic rings. The first-order valence-corrected chi connectivity index (χ1v) is 4.61. The van der Waals surface area contributed by atoms with Gasteiger partial charge in [-0.15, -0.1) is 0 Å². The van der Waals surface area contributed by atoms with Crippen molar-refractivity contribution in [2.24, 2.45) is 5.73 Å². The molecule has 0 aromatic carbocycles. The van der Waals surface area contributed by atoms with E-state index in [1.165, 1.54) is 0 Å². The van der Waals surface area contributed by atoms with E-state index in [1.54, 1.807) is 6.07 Å². The van der Waals surface area contributed by atoms with Crippen LogP contribution in [0.4, 0.5) is 0 Å². The predicted octanol–water partition coefficient (Wildman–Crippen LogP) is 0.679. The molecule has 1 fully saturated rings. The Hall–Kier alpha value is -1.36. The van der Waals surface area contributed by atoms with Gasteiger partial charge in [-0.3, -0.25) is 4.79 Å². The summed E-state index contributed by atoms with van der Waals surface area (Å²) in [6.45, 7) is 0.0476. The van der Waals surface area contributed by atoms with E-state index in [2.05, 4.69) is 5.16 Å². The van der Waals surface area contributed by atoms with Crippen molar-refractivity contribution in [3.8, 4) is 0 Å². The summed E-state index contributed by atoms with van der Waals surface area (Å²) in [7, 11) is 0. The molecule has 5 nitrogen and oxygen atoms in total. The third kappa shape index (κ3) is 1.63. The van der Waals surface area contributed by atoms with Crippen LogP contribution < -0.4 is 5.73 Å². The number of rotatable bonds is 4. The van der Waals surface area contributed by atoms with Gasteiger partial charge in [0.1, 0.15) is 11.7 Å². The van der Waals surface area contributed by atoms with Crippen molar-refractivity contribution in [2.75, 3.05) is 6.54 Å². The van der Waals surface area contributed by atoms with E-state index in [0.29, 0.717) is 11.6 Å². The minimum Gasteiger partial charge on any atom is -0.481 e. The maximum atomic E-state index is 10.8. The lowest BCUT2D eigenvalue weighted by atomic mass is 10.1. The summed E-state index contributed by atoms with van der Waals surface area (Å²) in [5, 5.41) is 12.6. The van der Waals surface area contributed by atoms with Gasteiger partial charge in [0.25, 0.3) is 0 Å². The summed E-state index contributed by atoms with van der Waals surface area (Å²) in [5.41, 5.74) is 5.78. The normalized spacial score (nSPS) is 18.1. The molecule has 0 amide bonds. The van der Waals surface area contributed by atoms with Crippen LogP contribution in [0.1, 0.15) is 36.1 Å². The molecule has 5 heteroatoms. The lowest BCUT2D eigenvalue weighted by Gasteiger charge is -2.03. The Morgan fingerprint density at radius 3 is 3.00 bits per heavy atom. The van der Waals surface area contributed by atoms with E-state index < -0.39 is 11.9 Å². The van der Waals surface area contributed by atoms with Crippen LogP contribution in [0.2, 0.25) is 0 Å². The Morgan fingerprint density at radius 1 is 1.79 bits per heavy atom. The van der Waals surface area contributed by atoms with Crippen LogP contribution in [0.5, 0.6) is 0 Å². The summed E-state index contributed by atoms with van der Waals surface area (Å²) < 4.78 is 5.05. The van der Waals surface area contributed by atoms with Gasteiger partial charge in [-0.1, -0.05) is 5.16 Å². The predicted molar refractivity (Wildman–Crippen MR) is 47.9 cm³/mol. The number of aromatic nitrogens is 1. The zero-order valence-electron chi connectivity index (χ0n) is 7.64. The van der Waals surface area contributed by atoms with Crippen LogP contribution in [0, 0.1) is 0 Å². The van der Waals surface area contributed by atoms with Crippen molar-refractivity contribution in [1.29, 1.82) is 0 Å². The quantitative estimate of drug-likeness (QED) is 0.739. The van der Waals surface area contributed by atoms with Crippen LogP contribution >= 0.6 is 0 Å².